The number of carbonyl (C=O) groups excluding carboxylic acids is 2. The molecule has 0 bridgehead atoms. The Morgan fingerprint density at radius 3 is 2.72 bits per heavy atom. The largest absolute Gasteiger partial charge is 0.496 e. The van der Waals surface area contributed by atoms with Crippen molar-refractivity contribution in [3.05, 3.63) is 34.6 Å². The molecule has 0 spiro atoms. The van der Waals surface area contributed by atoms with E-state index in [4.69, 9.17) is 9.15 Å². The number of methoxy groups -OCH3 is 1. The number of hydrogen-bond acceptors (Lipinski definition) is 4. The molecule has 0 atom stereocenters. The van der Waals surface area contributed by atoms with E-state index >= 15 is 0 Å². The number of amides is 2. The number of rotatable bonds is 7. The first-order chi connectivity index (χ1) is 13.8. The molecular weight excluding hydrogens is 368 g/mol. The number of likely N-dealkylation sites (tertiary alicyclic amines) is 1. The van der Waals surface area contributed by atoms with Crippen LogP contribution < -0.4 is 10.1 Å². The van der Waals surface area contributed by atoms with Gasteiger partial charge in [0.2, 0.25) is 11.8 Å². The van der Waals surface area contributed by atoms with Crippen LogP contribution >= 0.6 is 0 Å². The van der Waals surface area contributed by atoms with Crippen molar-refractivity contribution >= 4 is 28.4 Å². The number of nitrogens with zero attached hydrogens (tertiary/aromatic N) is 1. The number of hydrogen-bond donors (Lipinski definition) is 1. The third-order valence-electron chi connectivity index (χ3n) is 5.70. The molecule has 1 fully saturated rings. The molecule has 2 amide bonds. The summed E-state index contributed by atoms with van der Waals surface area (Å²) >= 11 is 0. The third kappa shape index (κ3) is 4.31. The zero-order valence-electron chi connectivity index (χ0n) is 18.0. The van der Waals surface area contributed by atoms with Crippen molar-refractivity contribution in [2.75, 3.05) is 26.7 Å². The molecule has 1 saturated heterocycles. The van der Waals surface area contributed by atoms with Crippen LogP contribution in [0.4, 0.5) is 0 Å². The van der Waals surface area contributed by atoms with Gasteiger partial charge in [-0.2, -0.15) is 0 Å². The van der Waals surface area contributed by atoms with Crippen LogP contribution in [0.2, 0.25) is 0 Å². The fraction of sp³-hybridized carbons (Fsp3) is 0.478. The minimum atomic E-state index is -0.143. The smallest absolute Gasteiger partial charge is 0.244 e. The molecule has 1 aliphatic heterocycles. The van der Waals surface area contributed by atoms with Crippen LogP contribution in [0.25, 0.3) is 16.5 Å². The molecule has 2 heterocycles. The highest BCUT2D eigenvalue weighted by Crippen LogP contribution is 2.38. The van der Waals surface area contributed by atoms with Crippen molar-refractivity contribution in [1.29, 1.82) is 0 Å². The van der Waals surface area contributed by atoms with E-state index in [9.17, 15) is 9.59 Å². The third-order valence-corrected chi connectivity index (χ3v) is 5.70. The lowest BCUT2D eigenvalue weighted by Crippen LogP contribution is -2.30. The summed E-state index contributed by atoms with van der Waals surface area (Å²) in [6, 6.07) is 2.03. The number of furan rings is 1. The maximum atomic E-state index is 12.4. The zero-order chi connectivity index (χ0) is 21.1. The molecule has 156 valence electrons. The van der Waals surface area contributed by atoms with Crippen LogP contribution in [0, 0.1) is 20.8 Å². The SMILES string of the molecule is COc1c(/C(C)=C/C(=O)NCCCN2CCCC2=O)cc2c(C)c(C)oc2c1C. The van der Waals surface area contributed by atoms with E-state index in [0.717, 1.165) is 64.1 Å². The lowest BCUT2D eigenvalue weighted by molar-refractivity contribution is -0.127. The highest BCUT2D eigenvalue weighted by atomic mass is 16.5. The van der Waals surface area contributed by atoms with Gasteiger partial charge in [-0.3, -0.25) is 9.59 Å². The number of nitrogens with one attached hydrogen (secondary N) is 1. The Balaban J connectivity index is 1.71. The first kappa shape index (κ1) is 21.0. The minimum absolute atomic E-state index is 0.143. The standard InChI is InChI=1S/C23H30N2O4/c1-14(12-20(26)24-9-7-11-25-10-6-8-21(25)27)18-13-19-15(2)17(4)29-23(19)16(3)22(18)28-5/h12-13H,6-11H2,1-5H3,(H,24,26)/b14-12+. The molecule has 2 aromatic rings. The monoisotopic (exact) mass is 398 g/mol. The Labute approximate surface area is 171 Å². The number of aryl methyl sites for hydroxylation is 3. The van der Waals surface area contributed by atoms with Crippen molar-refractivity contribution in [2.45, 2.75) is 47.0 Å². The highest BCUT2D eigenvalue weighted by molar-refractivity contribution is 5.98. The second kappa shape index (κ2) is 8.72. The van der Waals surface area contributed by atoms with Crippen molar-refractivity contribution in [3.63, 3.8) is 0 Å². The maximum Gasteiger partial charge on any atom is 0.244 e. The Morgan fingerprint density at radius 2 is 2.07 bits per heavy atom. The van der Waals surface area contributed by atoms with Crippen molar-refractivity contribution in [3.8, 4) is 5.75 Å². The Hall–Kier alpha value is -2.76. The van der Waals surface area contributed by atoms with Gasteiger partial charge in [-0.15, -0.1) is 0 Å². The van der Waals surface area contributed by atoms with E-state index in [0.29, 0.717) is 19.5 Å². The summed E-state index contributed by atoms with van der Waals surface area (Å²) in [6.07, 6.45) is 3.95. The first-order valence-corrected chi connectivity index (χ1v) is 10.1. The van der Waals surface area contributed by atoms with Gasteiger partial charge in [0.15, 0.2) is 0 Å². The van der Waals surface area contributed by atoms with Crippen LogP contribution in [-0.2, 0) is 9.59 Å². The normalized spacial score (nSPS) is 14.7. The van der Waals surface area contributed by atoms with Crippen LogP contribution in [0.15, 0.2) is 16.6 Å². The van der Waals surface area contributed by atoms with Crippen LogP contribution in [0.3, 0.4) is 0 Å². The van der Waals surface area contributed by atoms with Gasteiger partial charge in [-0.05, 0) is 57.7 Å². The molecule has 3 rings (SSSR count). The van der Waals surface area contributed by atoms with E-state index < -0.39 is 0 Å². The number of fused-ring (bicyclic) bond motifs is 1. The van der Waals surface area contributed by atoms with Gasteiger partial charge in [0.25, 0.3) is 0 Å². The molecule has 0 aliphatic carbocycles. The van der Waals surface area contributed by atoms with E-state index in [1.165, 1.54) is 0 Å². The average Bonchev–Trinajstić information content (AvgIpc) is 3.22. The maximum absolute atomic E-state index is 12.4. The van der Waals surface area contributed by atoms with Gasteiger partial charge in [-0.25, -0.2) is 0 Å². The number of carbonyl (C=O) groups is 2. The number of benzene rings is 1. The second-order valence-corrected chi connectivity index (χ2v) is 7.70. The van der Waals surface area contributed by atoms with Gasteiger partial charge < -0.3 is 19.4 Å². The average molecular weight is 399 g/mol. The molecule has 0 saturated carbocycles. The van der Waals surface area contributed by atoms with Crippen molar-refractivity contribution < 1.29 is 18.7 Å². The topological polar surface area (TPSA) is 71.8 Å². The molecule has 6 heteroatoms. The molecular formula is C23H30N2O4. The summed E-state index contributed by atoms with van der Waals surface area (Å²) < 4.78 is 11.5. The molecule has 0 unspecified atom stereocenters. The van der Waals surface area contributed by atoms with Gasteiger partial charge >= 0.3 is 0 Å². The quantitative estimate of drug-likeness (QED) is 0.567. The van der Waals surface area contributed by atoms with Crippen LogP contribution in [0.1, 0.15) is 48.6 Å². The molecule has 29 heavy (non-hydrogen) atoms. The molecule has 1 aliphatic rings. The van der Waals surface area contributed by atoms with E-state index in [-0.39, 0.29) is 11.8 Å². The zero-order valence-corrected chi connectivity index (χ0v) is 18.0. The number of allylic oxidation sites excluding steroid dienone is 1. The molecule has 1 aromatic heterocycles. The lowest BCUT2D eigenvalue weighted by Gasteiger charge is -2.15. The minimum Gasteiger partial charge on any atom is -0.496 e. The molecule has 1 N–H and O–H groups in total. The number of ether oxygens (including phenoxy) is 1. The summed E-state index contributed by atoms with van der Waals surface area (Å²) in [6.45, 7) is 9.95. The molecule has 1 aromatic carbocycles. The van der Waals surface area contributed by atoms with Gasteiger partial charge in [0.05, 0.1) is 7.11 Å². The van der Waals surface area contributed by atoms with E-state index in [1.807, 2.05) is 38.7 Å². The molecule has 6 nitrogen and oxygen atoms in total. The fourth-order valence-electron chi connectivity index (χ4n) is 3.92. The molecule has 0 radical (unpaired) electrons. The van der Waals surface area contributed by atoms with Gasteiger partial charge in [0.1, 0.15) is 17.1 Å². The van der Waals surface area contributed by atoms with E-state index in [2.05, 4.69) is 5.32 Å². The van der Waals surface area contributed by atoms with Gasteiger partial charge in [-0.1, -0.05) is 0 Å². The fourth-order valence-corrected chi connectivity index (χ4v) is 3.92. The van der Waals surface area contributed by atoms with Crippen molar-refractivity contribution in [1.82, 2.24) is 10.2 Å². The predicted molar refractivity (Wildman–Crippen MR) is 114 cm³/mol. The summed E-state index contributed by atoms with van der Waals surface area (Å²) in [5.41, 5.74) is 4.58. The second-order valence-electron chi connectivity index (χ2n) is 7.70. The van der Waals surface area contributed by atoms with Crippen molar-refractivity contribution in [2.24, 2.45) is 0 Å². The van der Waals surface area contributed by atoms with Crippen LogP contribution in [0.5, 0.6) is 5.75 Å². The van der Waals surface area contributed by atoms with Gasteiger partial charge in [0, 0.05) is 48.6 Å². The highest BCUT2D eigenvalue weighted by Gasteiger charge is 2.20. The predicted octanol–water partition coefficient (Wildman–Crippen LogP) is 3.90. The summed E-state index contributed by atoms with van der Waals surface area (Å²) in [4.78, 5) is 25.9. The Bertz CT molecular complexity index is 971. The summed E-state index contributed by atoms with van der Waals surface area (Å²) in [5, 5.41) is 3.96. The summed E-state index contributed by atoms with van der Waals surface area (Å²) in [5.74, 6) is 1.68. The Kier molecular flexibility index (Phi) is 6.30. The van der Waals surface area contributed by atoms with E-state index in [1.54, 1.807) is 13.2 Å². The lowest BCUT2D eigenvalue weighted by atomic mass is 9.98. The Morgan fingerprint density at radius 1 is 1.31 bits per heavy atom. The first-order valence-electron chi connectivity index (χ1n) is 10.1. The summed E-state index contributed by atoms with van der Waals surface area (Å²) in [7, 11) is 1.63. The van der Waals surface area contributed by atoms with Crippen LogP contribution in [-0.4, -0.2) is 43.5 Å².